The van der Waals surface area contributed by atoms with Crippen LogP contribution in [0.25, 0.3) is 4.85 Å². The van der Waals surface area contributed by atoms with Crippen molar-refractivity contribution in [1.82, 2.24) is 10.2 Å². The molecule has 1 aromatic carbocycles. The third-order valence-electron chi connectivity index (χ3n) is 3.95. The summed E-state index contributed by atoms with van der Waals surface area (Å²) in [6.45, 7) is 11.8. The number of aromatic amines is 1. The van der Waals surface area contributed by atoms with Crippen LogP contribution in [0.4, 0.5) is 5.82 Å². The number of halogens is 1. The molecule has 1 aliphatic rings. The van der Waals surface area contributed by atoms with Crippen molar-refractivity contribution >= 4 is 21.7 Å². The molecule has 23 heavy (non-hydrogen) atoms. The normalized spacial score (nSPS) is 16.5. The Morgan fingerprint density at radius 3 is 2.83 bits per heavy atom. The number of anilines is 1. The number of hydrogen-bond acceptors (Lipinski definition) is 3. The topological polar surface area (TPSA) is 68.9 Å². The fourth-order valence-electron chi connectivity index (χ4n) is 2.85. The van der Waals surface area contributed by atoms with Crippen LogP contribution >= 0.6 is 15.9 Å². The van der Waals surface area contributed by atoms with Crippen LogP contribution in [-0.4, -0.2) is 10.2 Å². The number of H-pyrrole nitrogens is 1. The van der Waals surface area contributed by atoms with Gasteiger partial charge in [0.1, 0.15) is 11.9 Å². The molecule has 0 bridgehead atoms. The molecule has 0 amide bonds. The van der Waals surface area contributed by atoms with Gasteiger partial charge >= 0.3 is 0 Å². The van der Waals surface area contributed by atoms with E-state index >= 15 is 0 Å². The van der Waals surface area contributed by atoms with Crippen molar-refractivity contribution in [1.29, 1.82) is 5.26 Å². The van der Waals surface area contributed by atoms with Crippen molar-refractivity contribution in [3.8, 4) is 6.07 Å². The molecule has 0 aliphatic carbocycles. The van der Waals surface area contributed by atoms with Crippen LogP contribution < -0.4 is 5.32 Å². The molecule has 2 aromatic rings. The lowest BCUT2D eigenvalue weighted by atomic mass is 9.84. The summed E-state index contributed by atoms with van der Waals surface area (Å²) in [4.78, 5) is 3.80. The van der Waals surface area contributed by atoms with E-state index in [1.165, 1.54) is 0 Å². The van der Waals surface area contributed by atoms with E-state index < -0.39 is 0 Å². The van der Waals surface area contributed by atoms with Gasteiger partial charge in [-0.05, 0) is 33.5 Å². The largest absolute Gasteiger partial charge is 0.354 e. The molecule has 114 valence electrons. The Morgan fingerprint density at radius 2 is 2.17 bits per heavy atom. The Kier molecular flexibility index (Phi) is 3.94. The maximum absolute atomic E-state index is 9.28. The van der Waals surface area contributed by atoms with Gasteiger partial charge < -0.3 is 5.32 Å². The SMILES string of the molecule is [C-]#[N+]C1=C(C(C)C)Nc2[nH]ncc2C1c1cccc(C#N)c1Br. The standard InChI is InChI=1S/C17H14BrN5/c1-9(2)15-16(20-3)13(12-8-21-23-17(12)22-15)11-6-4-5-10(7-19)14(11)18/h4-6,8-9,13H,1-2H3,(H2,21,22,23). The van der Waals surface area contributed by atoms with E-state index in [1.807, 2.05) is 26.0 Å². The van der Waals surface area contributed by atoms with Gasteiger partial charge in [-0.1, -0.05) is 26.0 Å². The van der Waals surface area contributed by atoms with Gasteiger partial charge in [0.05, 0.1) is 24.3 Å². The molecule has 6 heteroatoms. The van der Waals surface area contributed by atoms with Crippen LogP contribution in [0.1, 0.15) is 36.5 Å². The second-order valence-corrected chi connectivity index (χ2v) is 6.44. The summed E-state index contributed by atoms with van der Waals surface area (Å²) < 4.78 is 0.728. The summed E-state index contributed by atoms with van der Waals surface area (Å²) in [5.41, 5.74) is 3.90. The van der Waals surface area contributed by atoms with Crippen molar-refractivity contribution in [2.24, 2.45) is 5.92 Å². The van der Waals surface area contributed by atoms with Crippen molar-refractivity contribution in [3.05, 3.63) is 68.4 Å². The molecular formula is C17H14BrN5. The third-order valence-corrected chi connectivity index (χ3v) is 4.83. The molecule has 1 aromatic heterocycles. The lowest BCUT2D eigenvalue weighted by Crippen LogP contribution is -2.20. The number of nitriles is 1. The van der Waals surface area contributed by atoms with E-state index in [-0.39, 0.29) is 11.8 Å². The summed E-state index contributed by atoms with van der Waals surface area (Å²) in [5, 5.41) is 19.6. The Hall–Kier alpha value is -2.57. The first-order valence-corrected chi connectivity index (χ1v) is 7.98. The van der Waals surface area contributed by atoms with E-state index in [9.17, 15) is 5.26 Å². The monoisotopic (exact) mass is 367 g/mol. The number of rotatable bonds is 2. The Balaban J connectivity index is 2.29. The summed E-state index contributed by atoms with van der Waals surface area (Å²) in [6, 6.07) is 7.73. The van der Waals surface area contributed by atoms with Crippen molar-refractivity contribution in [2.45, 2.75) is 19.8 Å². The number of nitrogens with zero attached hydrogens (tertiary/aromatic N) is 3. The van der Waals surface area contributed by atoms with Gasteiger partial charge in [-0.15, -0.1) is 0 Å². The smallest absolute Gasteiger partial charge is 0.196 e. The van der Waals surface area contributed by atoms with E-state index in [4.69, 9.17) is 6.57 Å². The minimum absolute atomic E-state index is 0.177. The average molecular weight is 368 g/mol. The molecule has 0 fully saturated rings. The number of fused-ring (bicyclic) bond motifs is 1. The highest BCUT2D eigenvalue weighted by molar-refractivity contribution is 9.10. The fraction of sp³-hybridized carbons (Fsp3) is 0.235. The Labute approximate surface area is 143 Å². The van der Waals surface area contributed by atoms with Crippen LogP contribution in [0.2, 0.25) is 0 Å². The second-order valence-electron chi connectivity index (χ2n) is 5.64. The molecule has 0 saturated heterocycles. The lowest BCUT2D eigenvalue weighted by Gasteiger charge is -2.28. The maximum atomic E-state index is 9.28. The number of benzene rings is 1. The Morgan fingerprint density at radius 1 is 1.39 bits per heavy atom. The van der Waals surface area contributed by atoms with E-state index in [2.05, 4.69) is 42.4 Å². The summed E-state index contributed by atoms with van der Waals surface area (Å²) in [5.74, 6) is 0.735. The highest BCUT2D eigenvalue weighted by Gasteiger charge is 2.33. The lowest BCUT2D eigenvalue weighted by molar-refractivity contribution is 0.738. The van der Waals surface area contributed by atoms with Gasteiger partial charge in [0, 0.05) is 15.7 Å². The van der Waals surface area contributed by atoms with Gasteiger partial charge in [0.25, 0.3) is 0 Å². The molecule has 3 rings (SSSR count). The average Bonchev–Trinajstić information content (AvgIpc) is 3.01. The van der Waals surface area contributed by atoms with Crippen molar-refractivity contribution < 1.29 is 0 Å². The third kappa shape index (κ3) is 2.42. The molecule has 0 radical (unpaired) electrons. The molecule has 2 N–H and O–H groups in total. The van der Waals surface area contributed by atoms with Gasteiger partial charge in [-0.2, -0.15) is 10.4 Å². The first kappa shape index (κ1) is 15.3. The van der Waals surface area contributed by atoms with Crippen LogP contribution in [0.15, 0.2) is 40.3 Å². The maximum Gasteiger partial charge on any atom is 0.196 e. The highest BCUT2D eigenvalue weighted by Crippen LogP contribution is 2.45. The Bertz CT molecular complexity index is 879. The van der Waals surface area contributed by atoms with E-state index in [0.29, 0.717) is 11.3 Å². The molecule has 1 aliphatic heterocycles. The number of allylic oxidation sites excluding steroid dienone is 2. The first-order chi connectivity index (χ1) is 11.1. The minimum atomic E-state index is -0.248. The number of nitrogens with one attached hydrogen (secondary N) is 2. The zero-order chi connectivity index (χ0) is 16.6. The quantitative estimate of drug-likeness (QED) is 0.773. The summed E-state index contributed by atoms with van der Waals surface area (Å²) in [7, 11) is 0. The van der Waals surface area contributed by atoms with Gasteiger partial charge in [0.2, 0.25) is 0 Å². The molecule has 1 unspecified atom stereocenters. The van der Waals surface area contributed by atoms with Gasteiger partial charge in [-0.25, -0.2) is 4.85 Å². The van der Waals surface area contributed by atoms with E-state index in [1.54, 1.807) is 12.3 Å². The van der Waals surface area contributed by atoms with Crippen LogP contribution in [0.3, 0.4) is 0 Å². The highest BCUT2D eigenvalue weighted by atomic mass is 79.9. The molecule has 1 atom stereocenters. The second kappa shape index (κ2) is 5.91. The van der Waals surface area contributed by atoms with Crippen LogP contribution in [-0.2, 0) is 0 Å². The van der Waals surface area contributed by atoms with Crippen molar-refractivity contribution in [3.63, 3.8) is 0 Å². The zero-order valence-corrected chi connectivity index (χ0v) is 14.3. The summed E-state index contributed by atoms with van der Waals surface area (Å²) in [6.07, 6.45) is 1.74. The fourth-order valence-corrected chi connectivity index (χ4v) is 3.44. The van der Waals surface area contributed by atoms with Gasteiger partial charge in [0.15, 0.2) is 5.70 Å². The van der Waals surface area contributed by atoms with E-state index in [0.717, 1.165) is 27.1 Å². The zero-order valence-electron chi connectivity index (χ0n) is 12.7. The molecule has 0 saturated carbocycles. The molecule has 2 heterocycles. The molecule has 5 nitrogen and oxygen atoms in total. The summed E-state index contributed by atoms with van der Waals surface area (Å²) >= 11 is 3.53. The number of aromatic nitrogens is 2. The van der Waals surface area contributed by atoms with Crippen LogP contribution in [0.5, 0.6) is 0 Å². The minimum Gasteiger partial charge on any atom is -0.354 e. The predicted molar refractivity (Wildman–Crippen MR) is 91.4 cm³/mol. The van der Waals surface area contributed by atoms with Crippen molar-refractivity contribution in [2.75, 3.05) is 5.32 Å². The van der Waals surface area contributed by atoms with Crippen LogP contribution in [0, 0.1) is 23.8 Å². The first-order valence-electron chi connectivity index (χ1n) is 7.18. The molecule has 0 spiro atoms. The van der Waals surface area contributed by atoms with Gasteiger partial charge in [-0.3, -0.25) is 5.10 Å². The predicted octanol–water partition coefficient (Wildman–Crippen LogP) is 4.39. The molecular weight excluding hydrogens is 354 g/mol. The number of hydrogen-bond donors (Lipinski definition) is 2.